The topological polar surface area (TPSA) is 71.8 Å². The van der Waals surface area contributed by atoms with Gasteiger partial charge in [0.05, 0.1) is 11.7 Å². The van der Waals surface area contributed by atoms with Crippen molar-refractivity contribution in [2.24, 2.45) is 0 Å². The summed E-state index contributed by atoms with van der Waals surface area (Å²) in [6.07, 6.45) is 0.511. The predicted molar refractivity (Wildman–Crippen MR) is 161 cm³/mol. The first kappa shape index (κ1) is 27.6. The maximum atomic E-state index is 13.4. The lowest BCUT2D eigenvalue weighted by Gasteiger charge is -2.21. The summed E-state index contributed by atoms with van der Waals surface area (Å²) in [6.45, 7) is 2.03. The monoisotopic (exact) mass is 615 g/mol. The summed E-state index contributed by atoms with van der Waals surface area (Å²) >= 11 is 4.99. The number of thioether (sulfide) groups is 1. The Morgan fingerprint density at radius 2 is 1.60 bits per heavy atom. The van der Waals surface area contributed by atoms with Crippen LogP contribution >= 0.6 is 27.7 Å². The standard InChI is InChI=1S/C31H27BrFN5OS/c1-21-11-17-25(18-12-21)38-29(36-37-31(38)40-20-23-13-15-24(33)16-14-23)28(19-22-7-3-2-4-8-22)35-30(39)34-27-10-6-5-9-26(27)32/h2-18,28H,19-20H2,1H3,(H2,34,35,39)/t28-/m1/s1. The lowest BCUT2D eigenvalue weighted by Crippen LogP contribution is -2.35. The number of carbonyl (C=O) groups is 1. The Labute approximate surface area is 245 Å². The van der Waals surface area contributed by atoms with Gasteiger partial charge in [-0.2, -0.15) is 0 Å². The maximum absolute atomic E-state index is 13.4. The number of benzene rings is 4. The van der Waals surface area contributed by atoms with E-state index in [0.29, 0.717) is 28.8 Å². The van der Waals surface area contributed by atoms with Gasteiger partial charge in [-0.1, -0.05) is 84.1 Å². The molecule has 0 aliphatic rings. The van der Waals surface area contributed by atoms with Gasteiger partial charge in [-0.3, -0.25) is 4.57 Å². The van der Waals surface area contributed by atoms with Crippen LogP contribution in [0.5, 0.6) is 0 Å². The Hall–Kier alpha value is -3.95. The molecule has 0 unspecified atom stereocenters. The first-order chi connectivity index (χ1) is 19.5. The molecule has 0 aliphatic heterocycles. The number of amides is 2. The van der Waals surface area contributed by atoms with Crippen LogP contribution in [0.15, 0.2) is 113 Å². The highest BCUT2D eigenvalue weighted by molar-refractivity contribution is 9.10. The highest BCUT2D eigenvalue weighted by Crippen LogP contribution is 2.30. The second kappa shape index (κ2) is 12.9. The van der Waals surface area contributed by atoms with Gasteiger partial charge < -0.3 is 10.6 Å². The fourth-order valence-corrected chi connectivity index (χ4v) is 5.50. The van der Waals surface area contributed by atoms with Crippen molar-refractivity contribution in [1.82, 2.24) is 20.1 Å². The van der Waals surface area contributed by atoms with E-state index in [0.717, 1.165) is 26.9 Å². The summed E-state index contributed by atoms with van der Waals surface area (Å²) in [4.78, 5) is 13.2. The lowest BCUT2D eigenvalue weighted by atomic mass is 10.1. The van der Waals surface area contributed by atoms with Crippen LogP contribution in [0.2, 0.25) is 0 Å². The third-order valence-electron chi connectivity index (χ3n) is 6.25. The molecule has 0 fully saturated rings. The van der Waals surface area contributed by atoms with E-state index in [4.69, 9.17) is 0 Å². The number of rotatable bonds is 9. The average Bonchev–Trinajstić information content (AvgIpc) is 3.38. The zero-order valence-electron chi connectivity index (χ0n) is 21.7. The molecule has 40 heavy (non-hydrogen) atoms. The second-order valence-corrected chi connectivity index (χ2v) is 11.0. The SMILES string of the molecule is Cc1ccc(-n2c(SCc3ccc(F)cc3)nnc2[C@@H](Cc2ccccc2)NC(=O)Nc2ccccc2Br)cc1. The molecule has 0 radical (unpaired) electrons. The highest BCUT2D eigenvalue weighted by atomic mass is 79.9. The van der Waals surface area contributed by atoms with E-state index in [1.54, 1.807) is 12.1 Å². The van der Waals surface area contributed by atoms with E-state index < -0.39 is 6.04 Å². The Kier molecular flexibility index (Phi) is 8.93. The number of hydrogen-bond donors (Lipinski definition) is 2. The zero-order chi connectivity index (χ0) is 27.9. The number of carbonyl (C=O) groups excluding carboxylic acids is 1. The largest absolute Gasteiger partial charge is 0.327 e. The maximum Gasteiger partial charge on any atom is 0.319 e. The van der Waals surface area contributed by atoms with Crippen molar-refractivity contribution < 1.29 is 9.18 Å². The minimum absolute atomic E-state index is 0.269. The molecular formula is C31H27BrFN5OS. The van der Waals surface area contributed by atoms with Crippen molar-refractivity contribution in [3.05, 3.63) is 136 Å². The molecule has 9 heteroatoms. The van der Waals surface area contributed by atoms with E-state index in [2.05, 4.69) is 36.8 Å². The van der Waals surface area contributed by atoms with Crippen LogP contribution in [-0.4, -0.2) is 20.8 Å². The molecule has 202 valence electrons. The van der Waals surface area contributed by atoms with Crippen LogP contribution in [0.25, 0.3) is 5.69 Å². The first-order valence-electron chi connectivity index (χ1n) is 12.7. The average molecular weight is 617 g/mol. The van der Waals surface area contributed by atoms with Gasteiger partial charge in [-0.05, 0) is 70.4 Å². The van der Waals surface area contributed by atoms with Crippen molar-refractivity contribution in [3.63, 3.8) is 0 Å². The third kappa shape index (κ3) is 6.97. The summed E-state index contributed by atoms with van der Waals surface area (Å²) in [5.41, 5.74) is 4.70. The molecule has 5 rings (SSSR count). The third-order valence-corrected chi connectivity index (χ3v) is 7.95. The Bertz CT molecular complexity index is 1580. The highest BCUT2D eigenvalue weighted by Gasteiger charge is 2.25. The molecule has 0 spiro atoms. The number of halogens is 2. The smallest absolute Gasteiger partial charge is 0.319 e. The fourth-order valence-electron chi connectivity index (χ4n) is 4.20. The second-order valence-electron chi connectivity index (χ2n) is 9.25. The molecule has 5 aromatic rings. The molecule has 1 atom stereocenters. The van der Waals surface area contributed by atoms with Gasteiger partial charge in [0.1, 0.15) is 5.82 Å². The van der Waals surface area contributed by atoms with E-state index in [1.807, 2.05) is 90.4 Å². The number of aryl methyl sites for hydroxylation is 1. The molecule has 0 saturated heterocycles. The van der Waals surface area contributed by atoms with Crippen LogP contribution < -0.4 is 10.6 Å². The van der Waals surface area contributed by atoms with Crippen molar-refractivity contribution >= 4 is 39.4 Å². The number of aromatic nitrogens is 3. The molecule has 2 N–H and O–H groups in total. The van der Waals surface area contributed by atoms with Crippen molar-refractivity contribution in [1.29, 1.82) is 0 Å². The van der Waals surface area contributed by atoms with E-state index in [9.17, 15) is 9.18 Å². The molecule has 4 aromatic carbocycles. The summed E-state index contributed by atoms with van der Waals surface area (Å²) in [5, 5.41) is 15.9. The number of hydrogen-bond acceptors (Lipinski definition) is 4. The van der Waals surface area contributed by atoms with Gasteiger partial charge in [0, 0.05) is 22.3 Å². The molecule has 1 heterocycles. The van der Waals surface area contributed by atoms with Crippen LogP contribution in [0, 0.1) is 12.7 Å². The first-order valence-corrected chi connectivity index (χ1v) is 14.5. The molecule has 0 aliphatic carbocycles. The van der Waals surface area contributed by atoms with Gasteiger partial charge in [-0.25, -0.2) is 9.18 Å². The van der Waals surface area contributed by atoms with Gasteiger partial charge in [0.2, 0.25) is 0 Å². The predicted octanol–water partition coefficient (Wildman–Crippen LogP) is 7.88. The van der Waals surface area contributed by atoms with E-state index in [-0.39, 0.29) is 11.8 Å². The number of nitrogens with zero attached hydrogens (tertiary/aromatic N) is 3. The molecule has 0 saturated carbocycles. The molecule has 0 bridgehead atoms. The van der Waals surface area contributed by atoms with Gasteiger partial charge in [0.15, 0.2) is 11.0 Å². The zero-order valence-corrected chi connectivity index (χ0v) is 24.1. The van der Waals surface area contributed by atoms with Crippen LogP contribution in [-0.2, 0) is 12.2 Å². The van der Waals surface area contributed by atoms with Crippen molar-refractivity contribution in [3.8, 4) is 5.69 Å². The van der Waals surface area contributed by atoms with Gasteiger partial charge in [0.25, 0.3) is 0 Å². The Morgan fingerprint density at radius 1 is 0.900 bits per heavy atom. The molecule has 1 aromatic heterocycles. The Balaban J connectivity index is 1.50. The van der Waals surface area contributed by atoms with Crippen LogP contribution in [0.4, 0.5) is 14.9 Å². The molecular weight excluding hydrogens is 589 g/mol. The van der Waals surface area contributed by atoms with Crippen LogP contribution in [0.3, 0.4) is 0 Å². The minimum atomic E-state index is -0.487. The normalized spacial score (nSPS) is 11.7. The quantitative estimate of drug-likeness (QED) is 0.165. The van der Waals surface area contributed by atoms with Crippen LogP contribution in [0.1, 0.15) is 28.6 Å². The summed E-state index contributed by atoms with van der Waals surface area (Å²) in [5.74, 6) is 0.926. The van der Waals surface area contributed by atoms with Crippen molar-refractivity contribution in [2.75, 3.05) is 5.32 Å². The number of urea groups is 1. The van der Waals surface area contributed by atoms with Gasteiger partial charge in [-0.15, -0.1) is 10.2 Å². The van der Waals surface area contributed by atoms with E-state index in [1.165, 1.54) is 23.9 Å². The van der Waals surface area contributed by atoms with E-state index >= 15 is 0 Å². The molecule has 6 nitrogen and oxygen atoms in total. The lowest BCUT2D eigenvalue weighted by molar-refractivity contribution is 0.247. The summed E-state index contributed by atoms with van der Waals surface area (Å²) in [7, 11) is 0. The number of anilines is 1. The summed E-state index contributed by atoms with van der Waals surface area (Å²) in [6, 6.07) is 31.1. The Morgan fingerprint density at radius 3 is 2.33 bits per heavy atom. The summed E-state index contributed by atoms with van der Waals surface area (Å²) < 4.78 is 16.2. The van der Waals surface area contributed by atoms with Gasteiger partial charge >= 0.3 is 6.03 Å². The fraction of sp³-hybridized carbons (Fsp3) is 0.129. The number of nitrogens with one attached hydrogen (secondary N) is 2. The number of para-hydroxylation sites is 1. The minimum Gasteiger partial charge on any atom is -0.327 e. The molecule has 2 amide bonds. The van der Waals surface area contributed by atoms with Crippen molar-refractivity contribution in [2.45, 2.75) is 30.3 Å².